The van der Waals surface area contributed by atoms with Gasteiger partial charge >= 0.3 is 6.30 Å². The van der Waals surface area contributed by atoms with Crippen molar-refractivity contribution in [2.75, 3.05) is 6.54 Å². The largest absolute Gasteiger partial charge is 0.484 e. The normalized spacial score (nSPS) is 24.1. The summed E-state index contributed by atoms with van der Waals surface area (Å²) in [6.45, 7) is 0.607. The van der Waals surface area contributed by atoms with Crippen molar-refractivity contribution in [3.8, 4) is 0 Å². The highest BCUT2D eigenvalue weighted by molar-refractivity contribution is 5.82. The Morgan fingerprint density at radius 2 is 2.17 bits per heavy atom. The lowest BCUT2D eigenvalue weighted by atomic mass is 10.2. The van der Waals surface area contributed by atoms with Crippen LogP contribution in [0.4, 0.5) is 13.2 Å². The lowest BCUT2D eigenvalue weighted by molar-refractivity contribution is -0.170. The minimum Gasteiger partial charge on any atom is -0.306 e. The van der Waals surface area contributed by atoms with E-state index in [0.717, 1.165) is 11.7 Å². The number of carbonyl (C=O) groups excluding carboxylic acids is 1. The van der Waals surface area contributed by atoms with Gasteiger partial charge in [-0.2, -0.15) is 13.2 Å². The molecule has 1 rings (SSSR count). The van der Waals surface area contributed by atoms with E-state index in [1.165, 1.54) is 0 Å². The Labute approximate surface area is 67.3 Å². The first kappa shape index (κ1) is 9.31. The zero-order valence-electron chi connectivity index (χ0n) is 6.24. The Hall–Kier alpha value is -0.780. The molecule has 1 atom stereocenters. The molecule has 0 bridgehead atoms. The second-order valence-corrected chi connectivity index (χ2v) is 2.64. The van der Waals surface area contributed by atoms with Crippen LogP contribution in [0.3, 0.4) is 0 Å². The van der Waals surface area contributed by atoms with E-state index in [0.29, 0.717) is 13.0 Å². The number of hydrogen-bond acceptors (Lipinski definition) is 2. The topological polar surface area (TPSA) is 41.1 Å². The summed E-state index contributed by atoms with van der Waals surface area (Å²) >= 11 is 0. The van der Waals surface area contributed by atoms with Crippen LogP contribution in [0.25, 0.3) is 0 Å². The molecular weight excluding hydrogens is 173 g/mol. The molecular formula is C6H9F3N2O. The highest BCUT2D eigenvalue weighted by Gasteiger charge is 2.34. The summed E-state index contributed by atoms with van der Waals surface area (Å²) in [6, 6.07) is -0.674. The summed E-state index contributed by atoms with van der Waals surface area (Å²) in [5.74, 6) is -0.986. The molecule has 0 aromatic carbocycles. The maximum Gasteiger partial charge on any atom is 0.484 e. The Morgan fingerprint density at radius 1 is 1.50 bits per heavy atom. The summed E-state index contributed by atoms with van der Waals surface area (Å²) in [5.41, 5.74) is 0. The molecule has 1 amide bonds. The average molecular weight is 182 g/mol. The van der Waals surface area contributed by atoms with Gasteiger partial charge in [0.25, 0.3) is 0 Å². The molecule has 1 fully saturated rings. The van der Waals surface area contributed by atoms with E-state index in [-0.39, 0.29) is 0 Å². The number of hydrogen-bond donors (Lipinski definition) is 2. The van der Waals surface area contributed by atoms with Crippen molar-refractivity contribution in [2.24, 2.45) is 0 Å². The van der Waals surface area contributed by atoms with Crippen molar-refractivity contribution < 1.29 is 18.0 Å². The molecule has 0 spiro atoms. The monoisotopic (exact) mass is 182 g/mol. The van der Waals surface area contributed by atoms with Crippen LogP contribution >= 0.6 is 0 Å². The van der Waals surface area contributed by atoms with Crippen molar-refractivity contribution in [3.05, 3.63) is 0 Å². The summed E-state index contributed by atoms with van der Waals surface area (Å²) in [4.78, 5) is 10.8. The second-order valence-electron chi connectivity index (χ2n) is 2.64. The van der Waals surface area contributed by atoms with Crippen molar-refractivity contribution in [1.82, 2.24) is 10.6 Å². The Morgan fingerprint density at radius 3 is 2.58 bits per heavy atom. The quantitative estimate of drug-likeness (QED) is 0.575. The molecule has 3 nitrogen and oxygen atoms in total. The number of halogens is 3. The third-order valence-corrected chi connectivity index (χ3v) is 1.64. The first-order chi connectivity index (χ1) is 5.49. The van der Waals surface area contributed by atoms with E-state index in [9.17, 15) is 18.0 Å². The molecule has 0 aromatic rings. The van der Waals surface area contributed by atoms with Gasteiger partial charge in [-0.3, -0.25) is 10.1 Å². The maximum absolute atomic E-state index is 11.6. The predicted molar refractivity (Wildman–Crippen MR) is 35.2 cm³/mol. The minimum absolute atomic E-state index is 0.474. The minimum atomic E-state index is -4.61. The summed E-state index contributed by atoms with van der Waals surface area (Å²) in [6.07, 6.45) is -3.39. The van der Waals surface area contributed by atoms with E-state index < -0.39 is 18.2 Å². The van der Waals surface area contributed by atoms with Crippen molar-refractivity contribution >= 4 is 5.91 Å². The van der Waals surface area contributed by atoms with Crippen molar-refractivity contribution in [1.29, 1.82) is 0 Å². The number of rotatable bonds is 1. The Balaban J connectivity index is 2.37. The van der Waals surface area contributed by atoms with E-state index in [4.69, 9.17) is 0 Å². The van der Waals surface area contributed by atoms with E-state index >= 15 is 0 Å². The molecule has 1 heterocycles. The van der Waals surface area contributed by atoms with E-state index in [1.807, 2.05) is 0 Å². The van der Waals surface area contributed by atoms with Crippen LogP contribution in [0.15, 0.2) is 0 Å². The molecule has 0 aromatic heterocycles. The number of alkyl halides is 3. The Bertz CT molecular complexity index is 174. The zero-order valence-corrected chi connectivity index (χ0v) is 6.24. The van der Waals surface area contributed by atoms with Gasteiger partial charge in [-0.05, 0) is 19.4 Å². The van der Waals surface area contributed by atoms with Gasteiger partial charge in [0.2, 0.25) is 5.91 Å². The van der Waals surface area contributed by atoms with Gasteiger partial charge in [0.05, 0.1) is 6.04 Å². The molecule has 0 radical (unpaired) electrons. The van der Waals surface area contributed by atoms with Gasteiger partial charge < -0.3 is 5.32 Å². The number of amides is 1. The van der Waals surface area contributed by atoms with Crippen LogP contribution in [0.5, 0.6) is 0 Å². The van der Waals surface area contributed by atoms with E-state index in [1.54, 1.807) is 0 Å². The second kappa shape index (κ2) is 3.30. The molecule has 2 N–H and O–H groups in total. The van der Waals surface area contributed by atoms with Gasteiger partial charge in [-0.25, -0.2) is 0 Å². The molecule has 1 unspecified atom stereocenters. The van der Waals surface area contributed by atoms with Crippen LogP contribution < -0.4 is 10.6 Å². The van der Waals surface area contributed by atoms with Gasteiger partial charge in [0, 0.05) is 0 Å². The summed E-state index contributed by atoms with van der Waals surface area (Å²) in [7, 11) is 0. The molecule has 12 heavy (non-hydrogen) atoms. The third kappa shape index (κ3) is 2.69. The molecule has 1 saturated heterocycles. The highest BCUT2D eigenvalue weighted by Crippen LogP contribution is 2.12. The first-order valence-electron chi connectivity index (χ1n) is 3.61. The van der Waals surface area contributed by atoms with Crippen LogP contribution in [-0.4, -0.2) is 24.8 Å². The fourth-order valence-corrected chi connectivity index (χ4v) is 1.14. The third-order valence-electron chi connectivity index (χ3n) is 1.64. The number of nitrogens with one attached hydrogen (secondary N) is 2. The van der Waals surface area contributed by atoms with Gasteiger partial charge in [-0.15, -0.1) is 0 Å². The smallest absolute Gasteiger partial charge is 0.306 e. The average Bonchev–Trinajstić information content (AvgIpc) is 2.32. The van der Waals surface area contributed by atoms with Gasteiger partial charge in [-0.1, -0.05) is 0 Å². The molecule has 6 heteroatoms. The molecule has 0 aliphatic carbocycles. The molecule has 1 aliphatic heterocycles. The van der Waals surface area contributed by atoms with Crippen LogP contribution in [0.2, 0.25) is 0 Å². The van der Waals surface area contributed by atoms with Crippen LogP contribution in [-0.2, 0) is 4.79 Å². The summed E-state index contributed by atoms with van der Waals surface area (Å²) < 4.78 is 34.8. The van der Waals surface area contributed by atoms with Gasteiger partial charge in [0.1, 0.15) is 0 Å². The number of carbonyl (C=O) groups is 1. The standard InChI is InChI=1S/C6H9F3N2O/c7-6(8,9)11-5(12)4-2-1-3-10-4/h4,10H,1-3H2,(H,11,12). The maximum atomic E-state index is 11.6. The van der Waals surface area contributed by atoms with Crippen molar-refractivity contribution in [2.45, 2.75) is 25.2 Å². The van der Waals surface area contributed by atoms with Crippen LogP contribution in [0, 0.1) is 0 Å². The van der Waals surface area contributed by atoms with Crippen LogP contribution in [0.1, 0.15) is 12.8 Å². The first-order valence-corrected chi connectivity index (χ1v) is 3.61. The Kier molecular flexibility index (Phi) is 2.56. The fourth-order valence-electron chi connectivity index (χ4n) is 1.14. The van der Waals surface area contributed by atoms with Gasteiger partial charge in [0.15, 0.2) is 0 Å². The highest BCUT2D eigenvalue weighted by atomic mass is 19.4. The molecule has 70 valence electrons. The lowest BCUT2D eigenvalue weighted by Gasteiger charge is -2.12. The SMILES string of the molecule is O=C(NC(F)(F)F)C1CCCN1. The van der Waals surface area contributed by atoms with E-state index in [2.05, 4.69) is 5.32 Å². The molecule has 0 saturated carbocycles. The van der Waals surface area contributed by atoms with Crippen molar-refractivity contribution in [3.63, 3.8) is 0 Å². The molecule has 1 aliphatic rings. The zero-order chi connectivity index (χ0) is 9.19. The lowest BCUT2D eigenvalue weighted by Crippen LogP contribution is -2.46. The fraction of sp³-hybridized carbons (Fsp3) is 0.833. The summed E-state index contributed by atoms with van der Waals surface area (Å²) in [5, 5.41) is 3.63. The predicted octanol–water partition coefficient (Wildman–Crippen LogP) is 0.374.